The highest BCUT2D eigenvalue weighted by Crippen LogP contribution is 2.20. The number of aliphatic hydroxyl groups is 1. The van der Waals surface area contributed by atoms with Crippen LogP contribution in [0.2, 0.25) is 0 Å². The molecule has 0 bridgehead atoms. The van der Waals surface area contributed by atoms with E-state index in [9.17, 15) is 5.11 Å². The fourth-order valence-electron chi connectivity index (χ4n) is 1.77. The molecule has 12 heavy (non-hydrogen) atoms. The lowest BCUT2D eigenvalue weighted by Crippen LogP contribution is -2.21. The Hall–Kier alpha value is 0.250. The third-order valence-electron chi connectivity index (χ3n) is 2.65. The number of hydrogen-bond donors (Lipinski definition) is 1. The fourth-order valence-corrected chi connectivity index (χ4v) is 2.05. The van der Waals surface area contributed by atoms with E-state index in [-0.39, 0.29) is 11.5 Å². The Bertz CT molecular complexity index is 102. The molecule has 0 spiro atoms. The number of aliphatic hydroxyl groups excluding tert-OH is 1. The molecule has 1 saturated carbocycles. The van der Waals surface area contributed by atoms with Crippen molar-refractivity contribution in [3.05, 3.63) is 0 Å². The Morgan fingerprint density at radius 1 is 0.833 bits per heavy atom. The summed E-state index contributed by atoms with van der Waals surface area (Å²) in [5, 5.41) is 9.57. The van der Waals surface area contributed by atoms with Crippen molar-refractivity contribution in [2.75, 3.05) is 0 Å². The van der Waals surface area contributed by atoms with Crippen LogP contribution in [0.5, 0.6) is 0 Å². The quantitative estimate of drug-likeness (QED) is 0.582. The molecule has 2 atom stereocenters. The summed E-state index contributed by atoms with van der Waals surface area (Å²) < 4.78 is 0. The van der Waals surface area contributed by atoms with Gasteiger partial charge < -0.3 is 5.11 Å². The highest BCUT2D eigenvalue weighted by atomic mass is 35.5. The molecule has 2 unspecified atom stereocenters. The summed E-state index contributed by atoms with van der Waals surface area (Å²) in [6, 6.07) is 0. The standard InChI is InChI=1S/C10H19ClO/c11-9-7-5-3-1-2-4-6-8-10(9)12/h9-10,12H,1-8H2. The summed E-state index contributed by atoms with van der Waals surface area (Å²) in [5.74, 6) is 0. The zero-order chi connectivity index (χ0) is 8.81. The lowest BCUT2D eigenvalue weighted by molar-refractivity contribution is 0.149. The number of rotatable bonds is 0. The van der Waals surface area contributed by atoms with E-state index < -0.39 is 0 Å². The Morgan fingerprint density at radius 2 is 1.33 bits per heavy atom. The van der Waals surface area contributed by atoms with Gasteiger partial charge in [0, 0.05) is 0 Å². The first kappa shape index (κ1) is 10.3. The summed E-state index contributed by atoms with van der Waals surface area (Å²) in [6.07, 6.45) is 9.19. The minimum absolute atomic E-state index is 0.00287. The molecule has 0 aromatic heterocycles. The Balaban J connectivity index is 2.26. The maximum Gasteiger partial charge on any atom is 0.0703 e. The van der Waals surface area contributed by atoms with Crippen molar-refractivity contribution in [1.82, 2.24) is 0 Å². The van der Waals surface area contributed by atoms with Crippen LogP contribution < -0.4 is 0 Å². The summed E-state index contributed by atoms with van der Waals surface area (Å²) in [5.41, 5.74) is 0. The van der Waals surface area contributed by atoms with Gasteiger partial charge in [0.25, 0.3) is 0 Å². The van der Waals surface area contributed by atoms with Crippen molar-refractivity contribution in [3.63, 3.8) is 0 Å². The second kappa shape index (κ2) is 5.82. The molecule has 0 saturated heterocycles. The van der Waals surface area contributed by atoms with Crippen LogP contribution in [0.25, 0.3) is 0 Å². The predicted molar refractivity (Wildman–Crippen MR) is 52.6 cm³/mol. The van der Waals surface area contributed by atoms with Crippen molar-refractivity contribution in [3.8, 4) is 0 Å². The summed E-state index contributed by atoms with van der Waals surface area (Å²) in [7, 11) is 0. The van der Waals surface area contributed by atoms with Crippen molar-refractivity contribution in [2.24, 2.45) is 0 Å². The van der Waals surface area contributed by atoms with E-state index in [1.807, 2.05) is 0 Å². The molecule has 1 aliphatic rings. The van der Waals surface area contributed by atoms with Crippen LogP contribution in [0.4, 0.5) is 0 Å². The van der Waals surface area contributed by atoms with Gasteiger partial charge in [-0.25, -0.2) is 0 Å². The maximum absolute atomic E-state index is 9.57. The van der Waals surface area contributed by atoms with Crippen LogP contribution >= 0.6 is 11.6 Å². The van der Waals surface area contributed by atoms with Crippen LogP contribution in [-0.2, 0) is 0 Å². The number of halogens is 1. The molecule has 1 N–H and O–H groups in total. The molecular formula is C10H19ClO. The molecule has 1 fully saturated rings. The molecule has 2 heteroatoms. The Morgan fingerprint density at radius 3 is 2.00 bits per heavy atom. The van der Waals surface area contributed by atoms with Gasteiger partial charge in [0.1, 0.15) is 0 Å². The number of hydrogen-bond acceptors (Lipinski definition) is 1. The normalized spacial score (nSPS) is 34.5. The Kier molecular flexibility index (Phi) is 5.01. The number of alkyl halides is 1. The van der Waals surface area contributed by atoms with Crippen LogP contribution in [0.3, 0.4) is 0 Å². The van der Waals surface area contributed by atoms with Crippen LogP contribution in [0, 0.1) is 0 Å². The minimum atomic E-state index is -0.259. The molecule has 1 nitrogen and oxygen atoms in total. The van der Waals surface area contributed by atoms with Gasteiger partial charge in [0.15, 0.2) is 0 Å². The molecule has 0 heterocycles. The molecule has 0 radical (unpaired) electrons. The third-order valence-corrected chi connectivity index (χ3v) is 3.16. The predicted octanol–water partition coefficient (Wildman–Crippen LogP) is 3.09. The van der Waals surface area contributed by atoms with Gasteiger partial charge >= 0.3 is 0 Å². The molecule has 1 rings (SSSR count). The smallest absolute Gasteiger partial charge is 0.0703 e. The van der Waals surface area contributed by atoms with E-state index in [2.05, 4.69) is 0 Å². The van der Waals surface area contributed by atoms with Crippen molar-refractivity contribution in [1.29, 1.82) is 0 Å². The highest BCUT2D eigenvalue weighted by Gasteiger charge is 2.16. The van der Waals surface area contributed by atoms with Gasteiger partial charge in [-0.3, -0.25) is 0 Å². The minimum Gasteiger partial charge on any atom is -0.392 e. The molecule has 1 aliphatic carbocycles. The van der Waals surface area contributed by atoms with E-state index in [4.69, 9.17) is 11.6 Å². The van der Waals surface area contributed by atoms with E-state index in [0.29, 0.717) is 0 Å². The summed E-state index contributed by atoms with van der Waals surface area (Å²) >= 11 is 6.02. The summed E-state index contributed by atoms with van der Waals surface area (Å²) in [4.78, 5) is 0. The van der Waals surface area contributed by atoms with Crippen molar-refractivity contribution >= 4 is 11.6 Å². The van der Waals surface area contributed by atoms with Crippen LogP contribution in [-0.4, -0.2) is 16.6 Å². The van der Waals surface area contributed by atoms with Gasteiger partial charge in [-0.15, -0.1) is 11.6 Å². The highest BCUT2D eigenvalue weighted by molar-refractivity contribution is 6.21. The molecule has 0 amide bonds. The van der Waals surface area contributed by atoms with E-state index >= 15 is 0 Å². The lowest BCUT2D eigenvalue weighted by Gasteiger charge is -2.18. The SMILES string of the molecule is OC1CCCCCCCCC1Cl. The van der Waals surface area contributed by atoms with Gasteiger partial charge in [0.05, 0.1) is 11.5 Å². The fraction of sp³-hybridized carbons (Fsp3) is 1.00. The van der Waals surface area contributed by atoms with Crippen molar-refractivity contribution < 1.29 is 5.11 Å². The average molecular weight is 191 g/mol. The molecular weight excluding hydrogens is 172 g/mol. The van der Waals surface area contributed by atoms with Crippen LogP contribution in [0.15, 0.2) is 0 Å². The average Bonchev–Trinajstić information content (AvgIpc) is 2.08. The molecule has 0 aromatic carbocycles. The van der Waals surface area contributed by atoms with E-state index in [1.54, 1.807) is 0 Å². The van der Waals surface area contributed by atoms with Crippen LogP contribution in [0.1, 0.15) is 51.4 Å². The Labute approximate surface area is 80.1 Å². The maximum atomic E-state index is 9.57. The molecule has 0 aromatic rings. The second-order valence-electron chi connectivity index (χ2n) is 3.78. The largest absolute Gasteiger partial charge is 0.392 e. The first-order chi connectivity index (χ1) is 5.80. The van der Waals surface area contributed by atoms with E-state index in [0.717, 1.165) is 19.3 Å². The first-order valence-electron chi connectivity index (χ1n) is 5.13. The van der Waals surface area contributed by atoms with Crippen molar-refractivity contribution in [2.45, 2.75) is 62.8 Å². The van der Waals surface area contributed by atoms with E-state index in [1.165, 1.54) is 32.1 Å². The summed E-state index contributed by atoms with van der Waals surface area (Å²) in [6.45, 7) is 0. The topological polar surface area (TPSA) is 20.2 Å². The molecule has 72 valence electrons. The zero-order valence-electron chi connectivity index (χ0n) is 7.64. The second-order valence-corrected chi connectivity index (χ2v) is 4.34. The first-order valence-corrected chi connectivity index (χ1v) is 5.56. The third kappa shape index (κ3) is 3.77. The van der Waals surface area contributed by atoms with Gasteiger partial charge in [-0.2, -0.15) is 0 Å². The monoisotopic (exact) mass is 190 g/mol. The zero-order valence-corrected chi connectivity index (χ0v) is 8.39. The van der Waals surface area contributed by atoms with Gasteiger partial charge in [-0.05, 0) is 12.8 Å². The molecule has 0 aliphatic heterocycles. The lowest BCUT2D eigenvalue weighted by atomic mass is 9.99. The van der Waals surface area contributed by atoms with Gasteiger partial charge in [-0.1, -0.05) is 38.5 Å². The van der Waals surface area contributed by atoms with Gasteiger partial charge in [0.2, 0.25) is 0 Å².